The number of carbonyl (C=O) groups excluding carboxylic acids is 2. The Labute approximate surface area is 270 Å². The number of rotatable bonds is 3. The first-order valence-electron chi connectivity index (χ1n) is 15.2. The third-order valence-electron chi connectivity index (χ3n) is 6.87. The van der Waals surface area contributed by atoms with E-state index in [9.17, 15) is 9.59 Å². The van der Waals surface area contributed by atoms with E-state index in [-0.39, 0.29) is 11.6 Å². The van der Waals surface area contributed by atoms with Crippen molar-refractivity contribution in [1.29, 1.82) is 0 Å². The molecule has 0 amide bonds. The normalized spacial score (nSPS) is 12.1. The van der Waals surface area contributed by atoms with E-state index in [1.807, 2.05) is 36.4 Å². The van der Waals surface area contributed by atoms with E-state index in [4.69, 9.17) is 0 Å². The number of hydrogen-bond donors (Lipinski definition) is 0. The average molecular weight is 647 g/mol. The van der Waals surface area contributed by atoms with Crippen LogP contribution in [0.3, 0.4) is 0 Å². The molecule has 6 heteroatoms. The van der Waals surface area contributed by atoms with Gasteiger partial charge in [-0.25, -0.2) is 0 Å². The molecule has 0 atom stereocenters. The van der Waals surface area contributed by atoms with Crippen molar-refractivity contribution < 1.29 is 9.59 Å². The number of benzene rings is 3. The van der Waals surface area contributed by atoms with Crippen LogP contribution in [0.2, 0.25) is 78.6 Å². The zero-order valence-electron chi connectivity index (χ0n) is 28.6. The van der Waals surface area contributed by atoms with Crippen molar-refractivity contribution in [2.24, 2.45) is 0 Å². The zero-order valence-corrected chi connectivity index (χ0v) is 32.6. The Balaban J connectivity index is 0.000000240. The second-order valence-electron chi connectivity index (χ2n) is 15.4. The largest absolute Gasteiger partial charge is 0.289 e. The molecule has 1 aliphatic carbocycles. The van der Waals surface area contributed by atoms with Gasteiger partial charge in [0.05, 0.1) is 16.1 Å². The summed E-state index contributed by atoms with van der Waals surface area (Å²) in [4.78, 5) is 25.3. The molecule has 1 aliphatic rings. The van der Waals surface area contributed by atoms with Gasteiger partial charge in [0.25, 0.3) is 0 Å². The molecule has 0 N–H and O–H groups in total. The summed E-state index contributed by atoms with van der Waals surface area (Å²) < 4.78 is 0. The maximum Gasteiger partial charge on any atom is 0.236 e. The van der Waals surface area contributed by atoms with E-state index in [1.54, 1.807) is 6.07 Å². The third kappa shape index (κ3) is 9.04. The molecule has 0 fully saturated rings. The van der Waals surface area contributed by atoms with Crippen molar-refractivity contribution >= 4 is 54.2 Å². The molecular weight excluding hydrogens is 601 g/mol. The molecule has 0 saturated heterocycles. The van der Waals surface area contributed by atoms with Gasteiger partial charge < -0.3 is 0 Å². The standard InChI is InChI=1S/C19H24OSi2.C19H22OSi2/c1-21(2,3)16-12-11-14-13-9-7-8-10-15(13)18(20)17(14)19(16)22(4,5)6;1-21(2,3)15-10-9-12-17-11-7-8-13-18(17)19(20)14-16-22(4,5)6/h7-12H,1-6H3;7-8,11,13H,1-6H3. The molecule has 0 aliphatic heterocycles. The molecule has 0 radical (unpaired) electrons. The molecule has 0 bridgehead atoms. The van der Waals surface area contributed by atoms with Gasteiger partial charge in [0.1, 0.15) is 16.1 Å². The number of ketones is 2. The molecule has 0 heterocycles. The first kappa shape index (κ1) is 35.0. The highest BCUT2D eigenvalue weighted by Crippen LogP contribution is 2.36. The fourth-order valence-electron chi connectivity index (χ4n) is 4.94. The Bertz CT molecular complexity index is 1790. The molecule has 3 aromatic carbocycles. The number of Topliss-reactive ketones (excluding diaryl/α,β-unsaturated/α-hetero) is 1. The lowest BCUT2D eigenvalue weighted by Gasteiger charge is -2.30. The Morgan fingerprint density at radius 2 is 1.16 bits per heavy atom. The lowest BCUT2D eigenvalue weighted by molar-refractivity contribution is 0.104. The van der Waals surface area contributed by atoms with Gasteiger partial charge in [0, 0.05) is 22.3 Å². The topological polar surface area (TPSA) is 34.1 Å². The van der Waals surface area contributed by atoms with Crippen molar-refractivity contribution in [2.75, 3.05) is 0 Å². The molecule has 3 aromatic rings. The number of fused-ring (bicyclic) bond motifs is 3. The molecule has 2 nitrogen and oxygen atoms in total. The van der Waals surface area contributed by atoms with E-state index >= 15 is 0 Å². The van der Waals surface area contributed by atoms with E-state index in [0.29, 0.717) is 11.1 Å². The van der Waals surface area contributed by atoms with Crippen molar-refractivity contribution in [1.82, 2.24) is 0 Å². The lowest BCUT2D eigenvalue weighted by Crippen LogP contribution is -2.58. The van der Waals surface area contributed by atoms with Gasteiger partial charge in [0.15, 0.2) is 5.78 Å². The van der Waals surface area contributed by atoms with Crippen LogP contribution >= 0.6 is 0 Å². The van der Waals surface area contributed by atoms with Crippen LogP contribution in [0.25, 0.3) is 11.1 Å². The fourth-order valence-corrected chi connectivity index (χ4v) is 11.5. The van der Waals surface area contributed by atoms with Crippen LogP contribution in [-0.4, -0.2) is 43.9 Å². The summed E-state index contributed by atoms with van der Waals surface area (Å²) in [5.41, 5.74) is 11.7. The molecule has 0 unspecified atom stereocenters. The van der Waals surface area contributed by atoms with E-state index in [1.165, 1.54) is 10.4 Å². The van der Waals surface area contributed by atoms with Gasteiger partial charge in [-0.1, -0.05) is 138 Å². The van der Waals surface area contributed by atoms with Gasteiger partial charge in [-0.15, -0.1) is 11.1 Å². The quantitative estimate of drug-likeness (QED) is 0.129. The smallest absolute Gasteiger partial charge is 0.236 e. The Morgan fingerprint density at radius 3 is 1.73 bits per heavy atom. The van der Waals surface area contributed by atoms with Crippen molar-refractivity contribution in [2.45, 2.75) is 78.6 Å². The highest BCUT2D eigenvalue weighted by molar-refractivity contribution is 6.99. The molecular formula is C38H46O2Si4. The lowest BCUT2D eigenvalue weighted by atomic mass is 10.0. The van der Waals surface area contributed by atoms with Crippen molar-refractivity contribution in [3.8, 4) is 45.9 Å². The summed E-state index contributed by atoms with van der Waals surface area (Å²) in [6.45, 7) is 27.1. The van der Waals surface area contributed by atoms with Crippen LogP contribution in [-0.2, 0) is 0 Å². The summed E-state index contributed by atoms with van der Waals surface area (Å²) in [6.07, 6.45) is 0. The minimum absolute atomic E-state index is 0.162. The molecule has 226 valence electrons. The van der Waals surface area contributed by atoms with Gasteiger partial charge in [-0.2, -0.15) is 0 Å². The molecule has 0 saturated carbocycles. The van der Waals surface area contributed by atoms with Crippen LogP contribution in [0.4, 0.5) is 0 Å². The SMILES string of the molecule is C[Si](C)(C)C#CC#Cc1ccccc1C(=O)C#C[Si](C)(C)C.C[Si](C)(C)c1ccc2c(c1[Si](C)(C)C)C(=O)c1ccccc1-2. The first-order valence-corrected chi connectivity index (χ1v) is 29.2. The van der Waals surface area contributed by atoms with Gasteiger partial charge >= 0.3 is 0 Å². The zero-order chi connectivity index (χ0) is 33.1. The minimum Gasteiger partial charge on any atom is -0.289 e. The molecule has 44 heavy (non-hydrogen) atoms. The van der Waals surface area contributed by atoms with Crippen LogP contribution in [0.1, 0.15) is 31.8 Å². The van der Waals surface area contributed by atoms with Crippen LogP contribution < -0.4 is 10.4 Å². The summed E-state index contributed by atoms with van der Waals surface area (Å²) in [7, 11) is -6.06. The number of carbonyl (C=O) groups is 2. The van der Waals surface area contributed by atoms with Crippen LogP contribution in [0, 0.1) is 34.8 Å². The minimum atomic E-state index is -1.61. The molecule has 4 rings (SSSR count). The van der Waals surface area contributed by atoms with Crippen LogP contribution in [0.5, 0.6) is 0 Å². The van der Waals surface area contributed by atoms with Crippen LogP contribution in [0.15, 0.2) is 60.7 Å². The maximum absolute atomic E-state index is 13.1. The summed E-state index contributed by atoms with van der Waals surface area (Å²) in [5.74, 6) is 11.6. The summed E-state index contributed by atoms with van der Waals surface area (Å²) in [5, 5.41) is 2.89. The van der Waals surface area contributed by atoms with Gasteiger partial charge in [-0.05, 0) is 46.2 Å². The van der Waals surface area contributed by atoms with E-state index in [2.05, 4.69) is 132 Å². The van der Waals surface area contributed by atoms with E-state index in [0.717, 1.165) is 22.3 Å². The maximum atomic E-state index is 13.1. The second-order valence-corrected chi connectivity index (χ2v) is 34.9. The Hall–Kier alpha value is -3.45. The molecule has 0 aromatic heterocycles. The summed E-state index contributed by atoms with van der Waals surface area (Å²) in [6, 6.07) is 19.9. The van der Waals surface area contributed by atoms with Crippen molar-refractivity contribution in [3.05, 3.63) is 82.9 Å². The van der Waals surface area contributed by atoms with E-state index < -0.39 is 32.3 Å². The van der Waals surface area contributed by atoms with Gasteiger partial charge in [-0.3, -0.25) is 9.59 Å². The van der Waals surface area contributed by atoms with Gasteiger partial charge in [0.2, 0.25) is 5.78 Å². The Kier molecular flexibility index (Phi) is 10.6. The highest BCUT2D eigenvalue weighted by atomic mass is 28.3. The first-order chi connectivity index (χ1) is 20.2. The average Bonchev–Trinajstić information content (AvgIpc) is 3.20. The number of hydrogen-bond acceptors (Lipinski definition) is 2. The second kappa shape index (κ2) is 13.3. The predicted molar refractivity (Wildman–Crippen MR) is 201 cm³/mol. The van der Waals surface area contributed by atoms with Crippen molar-refractivity contribution in [3.63, 3.8) is 0 Å². The Morgan fingerprint density at radius 1 is 0.591 bits per heavy atom. The summed E-state index contributed by atoms with van der Waals surface area (Å²) >= 11 is 0. The monoisotopic (exact) mass is 646 g/mol. The molecule has 0 spiro atoms. The highest BCUT2D eigenvalue weighted by Gasteiger charge is 2.37. The predicted octanol–water partition coefficient (Wildman–Crippen LogP) is 7.97. The third-order valence-corrected chi connectivity index (χ3v) is 12.9. The fraction of sp³-hybridized carbons (Fsp3) is 0.316.